The summed E-state index contributed by atoms with van der Waals surface area (Å²) in [5.74, 6) is 0.890. The van der Waals surface area contributed by atoms with Crippen molar-refractivity contribution < 1.29 is 0 Å². The van der Waals surface area contributed by atoms with Crippen molar-refractivity contribution in [2.75, 3.05) is 4.90 Å². The molecule has 1 unspecified atom stereocenters. The molecular formula is C21H15BrClN3S. The summed E-state index contributed by atoms with van der Waals surface area (Å²) < 4.78 is 1.06. The highest BCUT2D eigenvalue weighted by Crippen LogP contribution is 2.45. The second kappa shape index (κ2) is 6.59. The van der Waals surface area contributed by atoms with Gasteiger partial charge in [0.05, 0.1) is 5.39 Å². The van der Waals surface area contributed by atoms with Crippen molar-refractivity contribution in [2.45, 2.75) is 19.4 Å². The molecule has 0 saturated heterocycles. The molecule has 1 aliphatic heterocycles. The first-order valence-electron chi connectivity index (χ1n) is 8.69. The molecule has 134 valence electrons. The Morgan fingerprint density at radius 2 is 1.89 bits per heavy atom. The number of thiophene rings is 1. The normalized spacial score (nSPS) is 16.1. The lowest BCUT2D eigenvalue weighted by atomic mass is 10.1. The van der Waals surface area contributed by atoms with Crippen molar-refractivity contribution in [3.05, 3.63) is 69.2 Å². The van der Waals surface area contributed by atoms with E-state index in [1.54, 1.807) is 11.3 Å². The highest BCUT2D eigenvalue weighted by molar-refractivity contribution is 9.10. The molecule has 3 nitrogen and oxygen atoms in total. The maximum Gasteiger partial charge on any atom is 0.225 e. The van der Waals surface area contributed by atoms with Gasteiger partial charge in [-0.3, -0.25) is 0 Å². The topological polar surface area (TPSA) is 29.0 Å². The number of anilines is 2. The Balaban J connectivity index is 1.77. The molecule has 5 rings (SSSR count). The lowest BCUT2D eigenvalue weighted by Crippen LogP contribution is -2.25. The number of nitrogens with zero attached hydrogens (tertiary/aromatic N) is 3. The van der Waals surface area contributed by atoms with Gasteiger partial charge in [0, 0.05) is 27.1 Å². The van der Waals surface area contributed by atoms with Crippen LogP contribution in [0.3, 0.4) is 0 Å². The summed E-state index contributed by atoms with van der Waals surface area (Å²) in [6.45, 7) is 2.23. The smallest absolute Gasteiger partial charge is 0.225 e. The average Bonchev–Trinajstić information content (AvgIpc) is 3.22. The Morgan fingerprint density at radius 1 is 1.11 bits per heavy atom. The molecule has 0 radical (unpaired) electrons. The van der Waals surface area contributed by atoms with Gasteiger partial charge in [0.25, 0.3) is 0 Å². The van der Waals surface area contributed by atoms with Crippen LogP contribution in [-0.2, 0) is 6.42 Å². The standard InChI is InChI=1S/C21H15BrClN3S/c1-12-10-14-4-2-3-5-17(14)26(12)19-18-16(13-6-8-15(22)9-7-13)11-27-20(18)25-21(23)24-19/h2-9,11-12H,10H2,1H3. The van der Waals surface area contributed by atoms with Crippen LogP contribution >= 0.6 is 38.9 Å². The first-order chi connectivity index (χ1) is 13.1. The van der Waals surface area contributed by atoms with Gasteiger partial charge in [0.1, 0.15) is 10.6 Å². The van der Waals surface area contributed by atoms with E-state index >= 15 is 0 Å². The summed E-state index contributed by atoms with van der Waals surface area (Å²) in [5, 5.41) is 3.50. The van der Waals surface area contributed by atoms with Crippen LogP contribution in [0.1, 0.15) is 12.5 Å². The molecule has 0 saturated carbocycles. The zero-order valence-corrected chi connectivity index (χ0v) is 17.6. The van der Waals surface area contributed by atoms with E-state index in [1.165, 1.54) is 11.3 Å². The number of rotatable bonds is 2. The molecule has 1 atom stereocenters. The Labute approximate surface area is 174 Å². The SMILES string of the molecule is CC1Cc2ccccc2N1c1nc(Cl)nc2scc(-c3ccc(Br)cc3)c12. The Morgan fingerprint density at radius 3 is 2.70 bits per heavy atom. The maximum absolute atomic E-state index is 6.30. The van der Waals surface area contributed by atoms with E-state index in [9.17, 15) is 0 Å². The van der Waals surface area contributed by atoms with Gasteiger partial charge in [-0.2, -0.15) is 4.98 Å². The second-order valence-corrected chi connectivity index (χ2v) is 8.82. The van der Waals surface area contributed by atoms with E-state index in [2.05, 4.69) is 91.6 Å². The summed E-state index contributed by atoms with van der Waals surface area (Å²) in [4.78, 5) is 12.4. The number of halogens is 2. The lowest BCUT2D eigenvalue weighted by Gasteiger charge is -2.25. The molecule has 0 N–H and O–H groups in total. The molecule has 4 aromatic rings. The Bertz CT molecular complexity index is 1160. The van der Waals surface area contributed by atoms with E-state index in [-0.39, 0.29) is 0 Å². The fourth-order valence-electron chi connectivity index (χ4n) is 3.80. The van der Waals surface area contributed by atoms with Gasteiger partial charge in [0.2, 0.25) is 5.28 Å². The zero-order chi connectivity index (χ0) is 18.5. The number of fused-ring (bicyclic) bond motifs is 2. The summed E-state index contributed by atoms with van der Waals surface area (Å²) >= 11 is 11.4. The molecule has 0 spiro atoms. The van der Waals surface area contributed by atoms with Gasteiger partial charge < -0.3 is 4.90 Å². The van der Waals surface area contributed by atoms with Gasteiger partial charge in [0.15, 0.2) is 0 Å². The largest absolute Gasteiger partial charge is 0.322 e. The van der Waals surface area contributed by atoms with Crippen molar-refractivity contribution in [2.24, 2.45) is 0 Å². The highest BCUT2D eigenvalue weighted by atomic mass is 79.9. The molecule has 6 heteroatoms. The predicted octanol–water partition coefficient (Wildman–Crippen LogP) is 6.86. The van der Waals surface area contributed by atoms with Crippen LogP contribution in [0.5, 0.6) is 0 Å². The van der Waals surface area contributed by atoms with E-state index < -0.39 is 0 Å². The van der Waals surface area contributed by atoms with Crippen molar-refractivity contribution in [3.63, 3.8) is 0 Å². The molecular weight excluding hydrogens is 442 g/mol. The van der Waals surface area contributed by atoms with Gasteiger partial charge in [-0.05, 0) is 54.3 Å². The minimum absolute atomic E-state index is 0.290. The van der Waals surface area contributed by atoms with E-state index in [0.29, 0.717) is 11.3 Å². The highest BCUT2D eigenvalue weighted by Gasteiger charge is 2.30. The molecule has 2 aromatic heterocycles. The fraction of sp³-hybridized carbons (Fsp3) is 0.143. The summed E-state index contributed by atoms with van der Waals surface area (Å²) in [6.07, 6.45) is 0.997. The van der Waals surface area contributed by atoms with Crippen molar-refractivity contribution in [1.82, 2.24) is 9.97 Å². The van der Waals surface area contributed by atoms with Crippen LogP contribution in [0.2, 0.25) is 5.28 Å². The van der Waals surface area contributed by atoms with Crippen LogP contribution in [0, 0.1) is 0 Å². The first-order valence-corrected chi connectivity index (χ1v) is 10.7. The summed E-state index contributed by atoms with van der Waals surface area (Å²) in [7, 11) is 0. The minimum Gasteiger partial charge on any atom is -0.322 e. The van der Waals surface area contributed by atoms with Crippen molar-refractivity contribution >= 4 is 60.6 Å². The number of hydrogen-bond donors (Lipinski definition) is 0. The Kier molecular flexibility index (Phi) is 4.19. The number of para-hydroxylation sites is 1. The summed E-state index contributed by atoms with van der Waals surface area (Å²) in [6, 6.07) is 17.2. The van der Waals surface area contributed by atoms with Crippen molar-refractivity contribution in [3.8, 4) is 11.1 Å². The number of aromatic nitrogens is 2. The number of hydrogen-bond acceptors (Lipinski definition) is 4. The third-order valence-corrected chi connectivity index (χ3v) is 6.55. The van der Waals surface area contributed by atoms with E-state index in [4.69, 9.17) is 11.6 Å². The van der Waals surface area contributed by atoms with Gasteiger partial charge in [-0.1, -0.05) is 46.3 Å². The molecule has 27 heavy (non-hydrogen) atoms. The van der Waals surface area contributed by atoms with Crippen LogP contribution in [0.15, 0.2) is 58.4 Å². The van der Waals surface area contributed by atoms with Gasteiger partial charge in [-0.25, -0.2) is 4.98 Å². The Hall–Kier alpha value is -1.95. The zero-order valence-electron chi connectivity index (χ0n) is 14.5. The molecule has 0 amide bonds. The third-order valence-electron chi connectivity index (χ3n) is 4.98. The average molecular weight is 457 g/mol. The van der Waals surface area contributed by atoms with Crippen LogP contribution in [0.25, 0.3) is 21.3 Å². The van der Waals surface area contributed by atoms with Crippen LogP contribution in [-0.4, -0.2) is 16.0 Å². The lowest BCUT2D eigenvalue weighted by molar-refractivity contribution is 0.752. The monoisotopic (exact) mass is 455 g/mol. The molecule has 0 aliphatic carbocycles. The first kappa shape index (κ1) is 17.2. The van der Waals surface area contributed by atoms with Crippen LogP contribution in [0.4, 0.5) is 11.5 Å². The van der Waals surface area contributed by atoms with E-state index in [1.807, 2.05) is 0 Å². The predicted molar refractivity (Wildman–Crippen MR) is 117 cm³/mol. The third kappa shape index (κ3) is 2.85. The summed E-state index contributed by atoms with van der Waals surface area (Å²) in [5.41, 5.74) is 4.84. The van der Waals surface area contributed by atoms with Gasteiger partial charge >= 0.3 is 0 Å². The molecule has 0 fully saturated rings. The molecule has 2 aromatic carbocycles. The fourth-order valence-corrected chi connectivity index (χ4v) is 5.22. The molecule has 3 heterocycles. The van der Waals surface area contributed by atoms with E-state index in [0.717, 1.165) is 38.1 Å². The molecule has 0 bridgehead atoms. The second-order valence-electron chi connectivity index (χ2n) is 6.70. The van der Waals surface area contributed by atoms with Crippen molar-refractivity contribution in [1.29, 1.82) is 0 Å². The maximum atomic E-state index is 6.30. The molecule has 1 aliphatic rings. The minimum atomic E-state index is 0.290. The van der Waals surface area contributed by atoms with Gasteiger partial charge in [-0.15, -0.1) is 11.3 Å². The van der Waals surface area contributed by atoms with Crippen LogP contribution < -0.4 is 4.90 Å². The quantitative estimate of drug-likeness (QED) is 0.309. The number of benzene rings is 2.